The average Bonchev–Trinajstić information content (AvgIpc) is 3.12. The van der Waals surface area contributed by atoms with E-state index in [1.54, 1.807) is 18.2 Å². The van der Waals surface area contributed by atoms with Gasteiger partial charge in [0.25, 0.3) is 5.91 Å². The van der Waals surface area contributed by atoms with Crippen molar-refractivity contribution in [2.45, 2.75) is 12.5 Å². The van der Waals surface area contributed by atoms with Crippen molar-refractivity contribution in [2.24, 2.45) is 0 Å². The van der Waals surface area contributed by atoms with E-state index in [0.717, 1.165) is 10.4 Å². The standard InChI is InChI=1S/C17H20N2O4S/c1-22-8-7-14(17(21)23-2)19-16(20)12-6-5-11(18)10-13(12)15-4-3-9-24-15/h3-6,9-10,14H,7-8,18H2,1-2H3,(H,19,20). The van der Waals surface area contributed by atoms with Crippen LogP contribution in [-0.4, -0.2) is 38.7 Å². The SMILES string of the molecule is COCCC(NC(=O)c1ccc(N)cc1-c1cccs1)C(=O)OC. The summed E-state index contributed by atoms with van der Waals surface area (Å²) < 4.78 is 9.72. The molecule has 0 saturated carbocycles. The number of methoxy groups -OCH3 is 2. The number of rotatable bonds is 7. The van der Waals surface area contributed by atoms with Gasteiger partial charge in [-0.15, -0.1) is 11.3 Å². The second-order valence-corrected chi connectivity index (χ2v) is 6.06. The van der Waals surface area contributed by atoms with Crippen molar-refractivity contribution in [3.05, 3.63) is 41.3 Å². The molecule has 1 amide bonds. The Hall–Kier alpha value is -2.38. The Labute approximate surface area is 144 Å². The van der Waals surface area contributed by atoms with Crippen LogP contribution in [0, 0.1) is 0 Å². The lowest BCUT2D eigenvalue weighted by Gasteiger charge is -2.17. The van der Waals surface area contributed by atoms with Gasteiger partial charge in [0.05, 0.1) is 7.11 Å². The van der Waals surface area contributed by atoms with Crippen molar-refractivity contribution < 1.29 is 19.1 Å². The van der Waals surface area contributed by atoms with Crippen molar-refractivity contribution in [3.63, 3.8) is 0 Å². The summed E-state index contributed by atoms with van der Waals surface area (Å²) in [5, 5.41) is 4.64. The van der Waals surface area contributed by atoms with Crippen molar-refractivity contribution in [1.29, 1.82) is 0 Å². The van der Waals surface area contributed by atoms with Gasteiger partial charge in [0.15, 0.2) is 0 Å². The smallest absolute Gasteiger partial charge is 0.328 e. The van der Waals surface area contributed by atoms with Crippen LogP contribution >= 0.6 is 11.3 Å². The first-order chi connectivity index (χ1) is 11.6. The quantitative estimate of drug-likeness (QED) is 0.592. The van der Waals surface area contributed by atoms with Gasteiger partial charge in [-0.05, 0) is 29.6 Å². The predicted molar refractivity (Wildman–Crippen MR) is 93.9 cm³/mol. The summed E-state index contributed by atoms with van der Waals surface area (Å²) in [5.74, 6) is -0.863. The number of ether oxygens (including phenoxy) is 2. The highest BCUT2D eigenvalue weighted by Gasteiger charge is 2.23. The Bertz CT molecular complexity index is 701. The first-order valence-electron chi connectivity index (χ1n) is 7.38. The van der Waals surface area contributed by atoms with Crippen LogP contribution in [-0.2, 0) is 14.3 Å². The zero-order valence-electron chi connectivity index (χ0n) is 13.6. The Morgan fingerprint density at radius 2 is 2.08 bits per heavy atom. The van der Waals surface area contributed by atoms with E-state index in [-0.39, 0.29) is 5.91 Å². The first kappa shape index (κ1) is 18.0. The van der Waals surface area contributed by atoms with Crippen LogP contribution in [0.1, 0.15) is 16.8 Å². The topological polar surface area (TPSA) is 90.6 Å². The highest BCUT2D eigenvalue weighted by molar-refractivity contribution is 7.13. The van der Waals surface area contributed by atoms with E-state index in [4.69, 9.17) is 15.2 Å². The third kappa shape index (κ3) is 4.33. The van der Waals surface area contributed by atoms with Crippen molar-refractivity contribution in [3.8, 4) is 10.4 Å². The molecule has 1 aromatic carbocycles. The number of esters is 1. The number of hydrogen-bond donors (Lipinski definition) is 2. The maximum Gasteiger partial charge on any atom is 0.328 e. The minimum atomic E-state index is -0.767. The van der Waals surface area contributed by atoms with Gasteiger partial charge < -0.3 is 20.5 Å². The number of thiophene rings is 1. The van der Waals surface area contributed by atoms with E-state index < -0.39 is 12.0 Å². The fourth-order valence-electron chi connectivity index (χ4n) is 2.26. The highest BCUT2D eigenvalue weighted by Crippen LogP contribution is 2.30. The molecule has 2 aromatic rings. The molecule has 7 heteroatoms. The number of nitrogen functional groups attached to an aromatic ring is 1. The van der Waals surface area contributed by atoms with Crippen LogP contribution in [0.15, 0.2) is 35.7 Å². The third-order valence-corrected chi connectivity index (χ3v) is 4.38. The van der Waals surface area contributed by atoms with E-state index in [2.05, 4.69) is 5.32 Å². The van der Waals surface area contributed by atoms with E-state index >= 15 is 0 Å². The number of hydrogen-bond acceptors (Lipinski definition) is 6. The summed E-state index contributed by atoms with van der Waals surface area (Å²) in [6.07, 6.45) is 0.332. The van der Waals surface area contributed by atoms with Crippen LogP contribution < -0.4 is 11.1 Å². The van der Waals surface area contributed by atoms with E-state index in [9.17, 15) is 9.59 Å². The van der Waals surface area contributed by atoms with Crippen molar-refractivity contribution >= 4 is 28.9 Å². The lowest BCUT2D eigenvalue weighted by Crippen LogP contribution is -2.42. The molecular formula is C17H20N2O4S. The molecule has 0 aliphatic heterocycles. The molecule has 1 aromatic heterocycles. The van der Waals surface area contributed by atoms with E-state index in [1.165, 1.54) is 25.6 Å². The maximum absolute atomic E-state index is 12.7. The molecule has 128 valence electrons. The highest BCUT2D eigenvalue weighted by atomic mass is 32.1. The Kier molecular flexibility index (Phi) is 6.34. The van der Waals surface area contributed by atoms with Crippen LogP contribution in [0.2, 0.25) is 0 Å². The van der Waals surface area contributed by atoms with Crippen LogP contribution in [0.5, 0.6) is 0 Å². The number of amides is 1. The van der Waals surface area contributed by atoms with Crippen LogP contribution in [0.4, 0.5) is 5.69 Å². The van der Waals surface area contributed by atoms with E-state index in [0.29, 0.717) is 24.3 Å². The van der Waals surface area contributed by atoms with Gasteiger partial charge in [-0.3, -0.25) is 4.79 Å². The normalized spacial score (nSPS) is 11.8. The average molecular weight is 348 g/mol. The number of benzene rings is 1. The largest absolute Gasteiger partial charge is 0.467 e. The summed E-state index contributed by atoms with van der Waals surface area (Å²) in [7, 11) is 2.82. The van der Waals surface area contributed by atoms with Crippen LogP contribution in [0.3, 0.4) is 0 Å². The number of nitrogens with two attached hydrogens (primary N) is 1. The van der Waals surface area contributed by atoms with Gasteiger partial charge in [-0.1, -0.05) is 6.07 Å². The van der Waals surface area contributed by atoms with Gasteiger partial charge >= 0.3 is 5.97 Å². The predicted octanol–water partition coefficient (Wildman–Crippen LogP) is 2.31. The van der Waals surface area contributed by atoms with Gasteiger partial charge in [0.1, 0.15) is 6.04 Å². The Morgan fingerprint density at radius 3 is 2.71 bits per heavy atom. The second-order valence-electron chi connectivity index (χ2n) is 5.11. The van der Waals surface area contributed by atoms with Gasteiger partial charge in [0, 0.05) is 41.8 Å². The van der Waals surface area contributed by atoms with Gasteiger partial charge in [0.2, 0.25) is 0 Å². The zero-order chi connectivity index (χ0) is 17.5. The molecule has 2 rings (SSSR count). The zero-order valence-corrected chi connectivity index (χ0v) is 14.4. The number of carbonyl (C=O) groups is 2. The fraction of sp³-hybridized carbons (Fsp3) is 0.294. The molecule has 3 N–H and O–H groups in total. The molecule has 24 heavy (non-hydrogen) atoms. The summed E-state index contributed by atoms with van der Waals surface area (Å²) in [4.78, 5) is 25.4. The first-order valence-corrected chi connectivity index (χ1v) is 8.25. The fourth-order valence-corrected chi connectivity index (χ4v) is 3.02. The van der Waals surface area contributed by atoms with Gasteiger partial charge in [-0.2, -0.15) is 0 Å². The van der Waals surface area contributed by atoms with Gasteiger partial charge in [-0.25, -0.2) is 4.79 Å². The lowest BCUT2D eigenvalue weighted by molar-refractivity contribution is -0.143. The number of anilines is 1. The molecule has 6 nitrogen and oxygen atoms in total. The summed E-state index contributed by atoms with van der Waals surface area (Å²) in [6, 6.07) is 8.12. The molecule has 0 aliphatic rings. The Balaban J connectivity index is 2.27. The minimum absolute atomic E-state index is 0.332. The molecule has 1 atom stereocenters. The molecule has 0 spiro atoms. The molecule has 0 saturated heterocycles. The molecule has 1 unspecified atom stereocenters. The number of nitrogens with one attached hydrogen (secondary N) is 1. The number of carbonyl (C=O) groups excluding carboxylic acids is 2. The van der Waals surface area contributed by atoms with Crippen molar-refractivity contribution in [1.82, 2.24) is 5.32 Å². The Morgan fingerprint density at radius 1 is 1.29 bits per heavy atom. The molecular weight excluding hydrogens is 328 g/mol. The summed E-state index contributed by atoms with van der Waals surface area (Å²) >= 11 is 1.51. The molecule has 0 fully saturated rings. The molecule has 1 heterocycles. The van der Waals surface area contributed by atoms with E-state index in [1.807, 2.05) is 17.5 Å². The minimum Gasteiger partial charge on any atom is -0.467 e. The van der Waals surface area contributed by atoms with Crippen molar-refractivity contribution in [2.75, 3.05) is 26.6 Å². The summed E-state index contributed by atoms with van der Waals surface area (Å²) in [5.41, 5.74) is 7.61. The molecule has 0 bridgehead atoms. The maximum atomic E-state index is 12.7. The monoisotopic (exact) mass is 348 g/mol. The summed E-state index contributed by atoms with van der Waals surface area (Å²) in [6.45, 7) is 0.333. The molecule has 0 radical (unpaired) electrons. The molecule has 0 aliphatic carbocycles. The third-order valence-electron chi connectivity index (χ3n) is 3.48. The van der Waals surface area contributed by atoms with Crippen LogP contribution in [0.25, 0.3) is 10.4 Å². The lowest BCUT2D eigenvalue weighted by atomic mass is 10.0. The second kappa shape index (κ2) is 8.47.